The van der Waals surface area contributed by atoms with E-state index < -0.39 is 42.5 Å². The van der Waals surface area contributed by atoms with Crippen molar-refractivity contribution in [2.24, 2.45) is 58.7 Å². The predicted molar refractivity (Wildman–Crippen MR) is 297 cm³/mol. The second kappa shape index (κ2) is 65.3. The maximum atomic E-state index is 11.7. The summed E-state index contributed by atoms with van der Waals surface area (Å²) >= 11 is 0. The molecule has 0 rings (SSSR count). The summed E-state index contributed by atoms with van der Waals surface area (Å²) in [5.41, 5.74) is 0.542. The van der Waals surface area contributed by atoms with Gasteiger partial charge < -0.3 is 0 Å². The van der Waals surface area contributed by atoms with Gasteiger partial charge in [0.25, 0.3) is 0 Å². The molecule has 0 amide bonds. The molecule has 0 bridgehead atoms. The van der Waals surface area contributed by atoms with Crippen molar-refractivity contribution in [2.45, 2.75) is 315 Å². The second-order valence-corrected chi connectivity index (χ2v) is 21.8. The minimum Gasteiger partial charge on any atom is -0.251 e. The zero-order chi connectivity index (χ0) is 59.8. The van der Waals surface area contributed by atoms with Crippen LogP contribution in [0, 0.1) is 58.7 Å². The van der Waals surface area contributed by atoms with E-state index in [1.54, 1.807) is 27.7 Å². The summed E-state index contributed by atoms with van der Waals surface area (Å²) in [5, 5.41) is 0. The topological polar surface area (TPSA) is 0 Å². The van der Waals surface area contributed by atoms with Crippen molar-refractivity contribution in [2.75, 3.05) is 13.3 Å². The lowest BCUT2D eigenvalue weighted by Crippen LogP contribution is -2.19. The van der Waals surface area contributed by atoms with Crippen LogP contribution in [0.3, 0.4) is 0 Å². The van der Waals surface area contributed by atoms with E-state index in [0.29, 0.717) is 24.7 Å². The van der Waals surface area contributed by atoms with Crippen molar-refractivity contribution in [1.29, 1.82) is 0 Å². The number of rotatable bonds is 17. The Balaban J connectivity index is -0.0000000623. The summed E-state index contributed by atoms with van der Waals surface area (Å²) in [5.74, 6) is -1.07. The number of hydrogen-bond donors (Lipinski definition) is 0. The van der Waals surface area contributed by atoms with Gasteiger partial charge in [-0.2, -0.15) is 26.3 Å². The van der Waals surface area contributed by atoms with Gasteiger partial charge in [0.15, 0.2) is 0 Å². The Hall–Kier alpha value is -0.840. The standard InChI is InChI=1S/C6H11F3.C6H13F.2C6H14.C5H9F3.2C5H10F2.C5H11F.3C5H12/c1-3-4-5(2)6(7,8)9;1-3-4-6(2)5-7;1-5-6(2,3)4;1-4-5-6(2)3;1-3-4(2)5(6,7)8;1-3-4-5(2,6)7;1-3-4(2)5(6)7;1-3-5(2)4-6;3*1-4-5(2)3/h5H,3-4H2,1-2H3;6H,3-5H2,1-2H3;5H2,1-4H3;6H,4-5H2,1-3H3;4H,3H2,1-2H3;3-4H2,1-2H3;4-5H,3H2,1-2H3;5H,3-4H2,1-2H3;3*5H,4H2,1-3H3. The van der Waals surface area contributed by atoms with Gasteiger partial charge in [-0.15, -0.1) is 0 Å². The monoisotopic (exact) mass is 1060 g/mol. The molecule has 0 aliphatic carbocycles. The Kier molecular flexibility index (Phi) is 88.1. The summed E-state index contributed by atoms with van der Waals surface area (Å²) in [6.07, 6.45) is 3.00. The van der Waals surface area contributed by atoms with Crippen molar-refractivity contribution >= 4 is 0 Å². The van der Waals surface area contributed by atoms with E-state index in [0.717, 1.165) is 49.9 Å². The Labute approximate surface area is 438 Å². The molecule has 0 N–H and O–H groups in total. The first-order valence-electron chi connectivity index (χ1n) is 27.9. The molecule has 0 aromatic carbocycles. The van der Waals surface area contributed by atoms with Crippen LogP contribution in [-0.2, 0) is 0 Å². The summed E-state index contributed by atoms with van der Waals surface area (Å²) < 4.78 is 139. The van der Waals surface area contributed by atoms with Crippen LogP contribution in [0.2, 0.25) is 0 Å². The molecule has 0 fully saturated rings. The van der Waals surface area contributed by atoms with Crippen LogP contribution in [0.5, 0.6) is 0 Å². The smallest absolute Gasteiger partial charge is 0.251 e. The molecule has 0 saturated carbocycles. The molecule has 5 atom stereocenters. The average Bonchev–Trinajstić information content (AvgIpc) is 3.26. The zero-order valence-corrected chi connectivity index (χ0v) is 52.3. The highest BCUT2D eigenvalue weighted by Crippen LogP contribution is 2.29. The third-order valence-corrected chi connectivity index (χ3v) is 10.6. The van der Waals surface area contributed by atoms with Gasteiger partial charge in [0.1, 0.15) is 0 Å². The van der Waals surface area contributed by atoms with Crippen molar-refractivity contribution < 1.29 is 52.7 Å². The molecule has 0 nitrogen and oxygen atoms in total. The molecule has 0 aliphatic rings. The van der Waals surface area contributed by atoms with E-state index in [1.807, 2.05) is 20.8 Å². The Morgan fingerprint density at radius 3 is 0.676 bits per heavy atom. The minimum atomic E-state index is -3.99. The van der Waals surface area contributed by atoms with E-state index in [9.17, 15) is 52.7 Å². The fraction of sp³-hybridized carbons (Fsp3) is 1.00. The van der Waals surface area contributed by atoms with Gasteiger partial charge in [-0.3, -0.25) is 8.78 Å². The fourth-order valence-corrected chi connectivity index (χ4v) is 2.70. The van der Waals surface area contributed by atoms with Gasteiger partial charge >= 0.3 is 12.4 Å². The Morgan fingerprint density at radius 1 is 0.352 bits per heavy atom. The van der Waals surface area contributed by atoms with Crippen molar-refractivity contribution in [1.82, 2.24) is 0 Å². The summed E-state index contributed by atoms with van der Waals surface area (Å²) in [6, 6.07) is 0. The van der Waals surface area contributed by atoms with E-state index in [2.05, 4.69) is 118 Å². The lowest BCUT2D eigenvalue weighted by atomic mass is 9.94. The Morgan fingerprint density at radius 2 is 0.648 bits per heavy atom. The maximum absolute atomic E-state index is 11.7. The van der Waals surface area contributed by atoms with E-state index in [-0.39, 0.29) is 44.4 Å². The third kappa shape index (κ3) is 140. The van der Waals surface area contributed by atoms with Crippen molar-refractivity contribution in [3.05, 3.63) is 0 Å². The number of halogens is 12. The van der Waals surface area contributed by atoms with Crippen molar-refractivity contribution in [3.63, 3.8) is 0 Å². The highest BCUT2D eigenvalue weighted by atomic mass is 19.4. The van der Waals surface area contributed by atoms with Gasteiger partial charge in [0.05, 0.1) is 25.2 Å². The largest absolute Gasteiger partial charge is 0.391 e. The normalized spacial score (nSPS) is 13.0. The molecular formula is C59H128F12. The first kappa shape index (κ1) is 95.9. The number of alkyl halides is 12. The van der Waals surface area contributed by atoms with Gasteiger partial charge in [-0.05, 0) is 73.5 Å². The van der Waals surface area contributed by atoms with E-state index in [1.165, 1.54) is 59.3 Å². The molecule has 0 heterocycles. The SMILES string of the molecule is CCC(C)(C)C.CCC(C)C.CCC(C)C.CCC(C)C.CCC(C)C(F)(F)F.CCC(C)C(F)F.CCC(C)CF.CCCC(C)(F)F.CCCC(C)C.CCCC(C)C(F)(F)F.CCCC(C)CF. The molecule has 71 heavy (non-hydrogen) atoms. The quantitative estimate of drug-likeness (QED) is 0.127. The minimum absolute atomic E-state index is 0.00694. The van der Waals surface area contributed by atoms with Gasteiger partial charge in [-0.1, -0.05) is 251 Å². The van der Waals surface area contributed by atoms with Crippen LogP contribution in [0.25, 0.3) is 0 Å². The van der Waals surface area contributed by atoms with Gasteiger partial charge in [0.2, 0.25) is 12.3 Å². The zero-order valence-electron chi connectivity index (χ0n) is 52.3. The molecule has 0 aliphatic heterocycles. The molecule has 0 aromatic rings. The first-order valence-corrected chi connectivity index (χ1v) is 27.9. The molecule has 0 saturated heterocycles. The molecule has 448 valence electrons. The molecule has 0 spiro atoms. The summed E-state index contributed by atoms with van der Waals surface area (Å²) in [7, 11) is 0. The van der Waals surface area contributed by atoms with Crippen LogP contribution in [-0.4, -0.2) is 38.0 Å². The average molecular weight is 1070 g/mol. The first-order chi connectivity index (χ1) is 32.0. The number of hydrogen-bond acceptors (Lipinski definition) is 0. The van der Waals surface area contributed by atoms with Crippen LogP contribution >= 0.6 is 0 Å². The summed E-state index contributed by atoms with van der Waals surface area (Å²) in [6.45, 7) is 54.8. The molecule has 12 heteroatoms. The third-order valence-electron chi connectivity index (χ3n) is 10.6. The van der Waals surface area contributed by atoms with Crippen LogP contribution in [0.1, 0.15) is 290 Å². The lowest BCUT2D eigenvalue weighted by molar-refractivity contribution is -0.171. The highest BCUT2D eigenvalue weighted by Gasteiger charge is 2.35. The van der Waals surface area contributed by atoms with E-state index in [4.69, 9.17) is 0 Å². The Bertz CT molecular complexity index is 849. The van der Waals surface area contributed by atoms with Crippen LogP contribution < -0.4 is 0 Å². The second-order valence-electron chi connectivity index (χ2n) is 21.8. The molecular weight excluding hydrogens is 937 g/mol. The maximum Gasteiger partial charge on any atom is 0.391 e. The van der Waals surface area contributed by atoms with Gasteiger partial charge in [0, 0.05) is 12.3 Å². The fourth-order valence-electron chi connectivity index (χ4n) is 2.70. The van der Waals surface area contributed by atoms with Gasteiger partial charge in [-0.25, -0.2) is 17.6 Å². The lowest BCUT2D eigenvalue weighted by Gasteiger charge is -2.13. The molecule has 0 radical (unpaired) electrons. The summed E-state index contributed by atoms with van der Waals surface area (Å²) in [4.78, 5) is 0. The van der Waals surface area contributed by atoms with Crippen LogP contribution in [0.15, 0.2) is 0 Å². The highest BCUT2D eigenvalue weighted by molar-refractivity contribution is 4.60. The molecule has 0 aromatic heterocycles. The van der Waals surface area contributed by atoms with Crippen molar-refractivity contribution in [3.8, 4) is 0 Å². The predicted octanol–water partition coefficient (Wildman–Crippen LogP) is 25.8. The van der Waals surface area contributed by atoms with E-state index >= 15 is 0 Å². The van der Waals surface area contributed by atoms with Crippen LogP contribution in [0.4, 0.5) is 52.7 Å². The molecule has 5 unspecified atom stereocenters.